The van der Waals surface area contributed by atoms with Crippen molar-refractivity contribution in [2.45, 2.75) is 45.2 Å². The van der Waals surface area contributed by atoms with Gasteiger partial charge in [-0.25, -0.2) is 4.98 Å². The van der Waals surface area contributed by atoms with Crippen molar-refractivity contribution in [3.63, 3.8) is 0 Å². The van der Waals surface area contributed by atoms with Crippen molar-refractivity contribution in [3.8, 4) is 0 Å². The lowest BCUT2D eigenvalue weighted by molar-refractivity contribution is 0.362. The molecule has 3 nitrogen and oxygen atoms in total. The molecule has 2 aliphatic carbocycles. The Balaban J connectivity index is 1.78. The van der Waals surface area contributed by atoms with E-state index in [-0.39, 0.29) is 6.04 Å². The summed E-state index contributed by atoms with van der Waals surface area (Å²) < 4.78 is 2.27. The van der Waals surface area contributed by atoms with Crippen LogP contribution < -0.4 is 5.73 Å². The maximum absolute atomic E-state index is 5.93. The minimum atomic E-state index is 0.0995. The summed E-state index contributed by atoms with van der Waals surface area (Å²) in [5, 5.41) is 0. The van der Waals surface area contributed by atoms with Crippen LogP contribution in [0.2, 0.25) is 0 Å². The Hall–Kier alpha value is -0.830. The maximum atomic E-state index is 5.93. The van der Waals surface area contributed by atoms with E-state index in [1.165, 1.54) is 31.4 Å². The highest BCUT2D eigenvalue weighted by Crippen LogP contribution is 2.62. The standard InChI is InChI=1S/C12H19N3/c1-9(13)11-6-14-8-15(11)7-12(4-5-12)10-2-3-10/h6,8-10H,2-5,7,13H2,1H3. The molecule has 3 heteroatoms. The number of nitrogens with zero attached hydrogens (tertiary/aromatic N) is 2. The van der Waals surface area contributed by atoms with Crippen molar-refractivity contribution in [3.05, 3.63) is 18.2 Å². The first-order valence-electron chi connectivity index (χ1n) is 5.97. The number of hydrogen-bond acceptors (Lipinski definition) is 2. The average Bonchev–Trinajstić information content (AvgIpc) is 3.04. The van der Waals surface area contributed by atoms with Crippen molar-refractivity contribution in [2.24, 2.45) is 17.1 Å². The normalized spacial score (nSPS) is 25.2. The van der Waals surface area contributed by atoms with Crippen LogP contribution in [0.25, 0.3) is 0 Å². The third-order valence-electron chi connectivity index (χ3n) is 4.03. The maximum Gasteiger partial charge on any atom is 0.0948 e. The van der Waals surface area contributed by atoms with Gasteiger partial charge in [0.25, 0.3) is 0 Å². The predicted octanol–water partition coefficient (Wildman–Crippen LogP) is 2.09. The summed E-state index contributed by atoms with van der Waals surface area (Å²) in [5.74, 6) is 1.00. The van der Waals surface area contributed by atoms with Crippen LogP contribution in [0.5, 0.6) is 0 Å². The highest BCUT2D eigenvalue weighted by Gasteiger charge is 2.53. The van der Waals surface area contributed by atoms with Gasteiger partial charge in [0, 0.05) is 18.8 Å². The van der Waals surface area contributed by atoms with E-state index in [0.29, 0.717) is 5.41 Å². The van der Waals surface area contributed by atoms with Gasteiger partial charge in [0.2, 0.25) is 0 Å². The van der Waals surface area contributed by atoms with E-state index in [0.717, 1.165) is 12.5 Å². The van der Waals surface area contributed by atoms with E-state index in [9.17, 15) is 0 Å². The van der Waals surface area contributed by atoms with E-state index in [1.807, 2.05) is 19.4 Å². The average molecular weight is 205 g/mol. The van der Waals surface area contributed by atoms with Crippen LogP contribution in [0.4, 0.5) is 0 Å². The highest BCUT2D eigenvalue weighted by molar-refractivity contribution is 5.09. The van der Waals surface area contributed by atoms with Gasteiger partial charge in [-0.3, -0.25) is 0 Å². The van der Waals surface area contributed by atoms with E-state index >= 15 is 0 Å². The Labute approximate surface area is 90.7 Å². The zero-order chi connectivity index (χ0) is 10.5. The van der Waals surface area contributed by atoms with Gasteiger partial charge in [-0.1, -0.05) is 0 Å². The topological polar surface area (TPSA) is 43.8 Å². The second kappa shape index (κ2) is 3.08. The molecule has 3 rings (SSSR count). The van der Waals surface area contributed by atoms with Gasteiger partial charge >= 0.3 is 0 Å². The lowest BCUT2D eigenvalue weighted by Crippen LogP contribution is -2.18. The summed E-state index contributed by atoms with van der Waals surface area (Å²) in [6.07, 6.45) is 9.57. The van der Waals surface area contributed by atoms with Gasteiger partial charge in [0.15, 0.2) is 0 Å². The van der Waals surface area contributed by atoms with Crippen LogP contribution >= 0.6 is 0 Å². The molecule has 1 aromatic heterocycles. The summed E-state index contributed by atoms with van der Waals surface area (Å²) in [4.78, 5) is 4.22. The van der Waals surface area contributed by atoms with Crippen molar-refractivity contribution in [2.75, 3.05) is 0 Å². The van der Waals surface area contributed by atoms with Crippen molar-refractivity contribution < 1.29 is 0 Å². The fourth-order valence-corrected chi connectivity index (χ4v) is 2.73. The first kappa shape index (κ1) is 9.40. The van der Waals surface area contributed by atoms with E-state index in [4.69, 9.17) is 5.73 Å². The predicted molar refractivity (Wildman–Crippen MR) is 59.2 cm³/mol. The van der Waals surface area contributed by atoms with Crippen LogP contribution in [0.15, 0.2) is 12.5 Å². The van der Waals surface area contributed by atoms with Crippen molar-refractivity contribution in [1.82, 2.24) is 9.55 Å². The lowest BCUT2D eigenvalue weighted by atomic mass is 10.0. The number of rotatable bonds is 4. The quantitative estimate of drug-likeness (QED) is 0.818. The minimum absolute atomic E-state index is 0.0995. The van der Waals surface area contributed by atoms with Crippen molar-refractivity contribution >= 4 is 0 Å². The SMILES string of the molecule is CC(N)c1cncn1CC1(C2CC2)CC1. The Kier molecular flexibility index (Phi) is 1.93. The molecule has 82 valence electrons. The molecule has 15 heavy (non-hydrogen) atoms. The summed E-state index contributed by atoms with van der Waals surface area (Å²) in [7, 11) is 0. The Bertz CT molecular complexity index is 359. The first-order chi connectivity index (χ1) is 7.21. The first-order valence-corrected chi connectivity index (χ1v) is 5.97. The second-order valence-corrected chi connectivity index (χ2v) is 5.37. The smallest absolute Gasteiger partial charge is 0.0948 e. The van der Waals surface area contributed by atoms with E-state index in [1.54, 1.807) is 0 Å². The van der Waals surface area contributed by atoms with E-state index < -0.39 is 0 Å². The number of hydrogen-bond donors (Lipinski definition) is 1. The largest absolute Gasteiger partial charge is 0.333 e. The van der Waals surface area contributed by atoms with Gasteiger partial charge in [0.1, 0.15) is 0 Å². The molecule has 2 aliphatic rings. The fourth-order valence-electron chi connectivity index (χ4n) is 2.73. The van der Waals surface area contributed by atoms with Crippen LogP contribution in [-0.4, -0.2) is 9.55 Å². The van der Waals surface area contributed by atoms with Crippen LogP contribution in [0.3, 0.4) is 0 Å². The Morgan fingerprint density at radius 3 is 2.87 bits per heavy atom. The van der Waals surface area contributed by atoms with E-state index in [2.05, 4.69) is 9.55 Å². The molecule has 0 aliphatic heterocycles. The summed E-state index contributed by atoms with van der Waals surface area (Å²) in [6.45, 7) is 3.18. The molecule has 0 amide bonds. The molecule has 1 atom stereocenters. The minimum Gasteiger partial charge on any atom is -0.333 e. The van der Waals surface area contributed by atoms with Crippen LogP contribution in [0, 0.1) is 11.3 Å². The number of imidazole rings is 1. The lowest BCUT2D eigenvalue weighted by Gasteiger charge is -2.18. The zero-order valence-electron chi connectivity index (χ0n) is 9.32. The van der Waals surface area contributed by atoms with Crippen LogP contribution in [0.1, 0.15) is 44.3 Å². The van der Waals surface area contributed by atoms with Gasteiger partial charge in [-0.05, 0) is 43.9 Å². The summed E-state index contributed by atoms with van der Waals surface area (Å²) in [6, 6.07) is 0.0995. The highest BCUT2D eigenvalue weighted by atomic mass is 15.1. The van der Waals surface area contributed by atoms with Crippen LogP contribution in [-0.2, 0) is 6.54 Å². The number of nitrogens with two attached hydrogens (primary N) is 1. The molecule has 0 spiro atoms. The van der Waals surface area contributed by atoms with Gasteiger partial charge < -0.3 is 10.3 Å². The molecule has 2 saturated carbocycles. The molecule has 1 heterocycles. The fraction of sp³-hybridized carbons (Fsp3) is 0.750. The third-order valence-corrected chi connectivity index (χ3v) is 4.03. The molecule has 0 bridgehead atoms. The zero-order valence-corrected chi connectivity index (χ0v) is 9.32. The Morgan fingerprint density at radius 2 is 2.33 bits per heavy atom. The molecule has 2 fully saturated rings. The molecule has 2 N–H and O–H groups in total. The Morgan fingerprint density at radius 1 is 1.60 bits per heavy atom. The molecule has 0 aromatic carbocycles. The monoisotopic (exact) mass is 205 g/mol. The van der Waals surface area contributed by atoms with Gasteiger partial charge in [-0.15, -0.1) is 0 Å². The molecule has 0 saturated heterocycles. The van der Waals surface area contributed by atoms with Crippen molar-refractivity contribution in [1.29, 1.82) is 0 Å². The third kappa shape index (κ3) is 1.59. The second-order valence-electron chi connectivity index (χ2n) is 5.37. The van der Waals surface area contributed by atoms with Gasteiger partial charge in [-0.2, -0.15) is 0 Å². The molecular formula is C12H19N3. The molecule has 0 radical (unpaired) electrons. The number of aromatic nitrogens is 2. The summed E-state index contributed by atoms with van der Waals surface area (Å²) in [5.41, 5.74) is 7.74. The molecule has 1 aromatic rings. The van der Waals surface area contributed by atoms with Gasteiger partial charge in [0.05, 0.1) is 12.0 Å². The molecule has 1 unspecified atom stereocenters. The summed E-state index contributed by atoms with van der Waals surface area (Å²) >= 11 is 0. The molecular weight excluding hydrogens is 186 g/mol.